The zero-order valence-corrected chi connectivity index (χ0v) is 20.5. The number of methoxy groups -OCH3 is 1. The van der Waals surface area contributed by atoms with E-state index in [0.717, 1.165) is 22.8 Å². The molecule has 0 saturated carbocycles. The van der Waals surface area contributed by atoms with Gasteiger partial charge in [-0.05, 0) is 30.7 Å². The second-order valence-corrected chi connectivity index (χ2v) is 9.17. The molecule has 0 unspecified atom stereocenters. The van der Waals surface area contributed by atoms with Gasteiger partial charge < -0.3 is 9.64 Å². The van der Waals surface area contributed by atoms with Crippen LogP contribution in [0, 0.1) is 11.6 Å². The summed E-state index contributed by atoms with van der Waals surface area (Å²) in [6.07, 6.45) is 1.84. The van der Waals surface area contributed by atoms with Gasteiger partial charge in [-0.1, -0.05) is 11.6 Å². The first-order chi connectivity index (χ1) is 18.3. The molecule has 6 rings (SSSR count). The van der Waals surface area contributed by atoms with Crippen molar-refractivity contribution in [1.29, 1.82) is 0 Å². The smallest absolute Gasteiger partial charge is 0.342 e. The lowest BCUT2D eigenvalue weighted by molar-refractivity contribution is 0.364. The molecule has 0 amide bonds. The van der Waals surface area contributed by atoms with E-state index in [2.05, 4.69) is 9.97 Å². The van der Waals surface area contributed by atoms with E-state index in [1.54, 1.807) is 4.90 Å². The third-order valence-corrected chi connectivity index (χ3v) is 6.78. The maximum atomic E-state index is 14.0. The van der Waals surface area contributed by atoms with Crippen LogP contribution in [-0.4, -0.2) is 49.9 Å². The Morgan fingerprint density at radius 2 is 1.92 bits per heavy atom. The van der Waals surface area contributed by atoms with Gasteiger partial charge in [0.1, 0.15) is 40.5 Å². The summed E-state index contributed by atoms with van der Waals surface area (Å²) in [6, 6.07) is 7.47. The number of hydrogen-bond donors (Lipinski definition) is 0. The maximum absolute atomic E-state index is 14.0. The molecule has 1 aromatic carbocycles. The predicted octanol–water partition coefficient (Wildman–Crippen LogP) is 3.67. The fraction of sp³-hybridized carbons (Fsp3) is 0.200. The molecule has 13 heteroatoms. The van der Waals surface area contributed by atoms with Crippen molar-refractivity contribution in [2.75, 3.05) is 25.1 Å². The number of nitrogens with zero attached hydrogens (tertiary/aromatic N) is 6. The first kappa shape index (κ1) is 24.0. The third kappa shape index (κ3) is 3.71. The number of rotatable bonds is 4. The molecule has 5 heterocycles. The minimum Gasteiger partial charge on any atom is -0.480 e. The lowest BCUT2D eigenvalue weighted by Crippen LogP contribution is -2.39. The van der Waals surface area contributed by atoms with Crippen molar-refractivity contribution in [3.63, 3.8) is 0 Å². The van der Waals surface area contributed by atoms with E-state index < -0.39 is 29.1 Å². The van der Waals surface area contributed by atoms with Crippen LogP contribution < -0.4 is 20.9 Å². The van der Waals surface area contributed by atoms with E-state index in [-0.39, 0.29) is 45.5 Å². The Balaban J connectivity index is 1.74. The van der Waals surface area contributed by atoms with Gasteiger partial charge in [0.25, 0.3) is 5.56 Å². The first-order valence-electron chi connectivity index (χ1n) is 11.5. The fourth-order valence-corrected chi connectivity index (χ4v) is 4.87. The lowest BCUT2D eigenvalue weighted by atomic mass is 10.2. The van der Waals surface area contributed by atoms with Crippen molar-refractivity contribution in [2.24, 2.45) is 0 Å². The molecule has 0 spiro atoms. The monoisotopic (exact) mass is 542 g/mol. The summed E-state index contributed by atoms with van der Waals surface area (Å²) in [6.45, 7) is 0.467. The highest BCUT2D eigenvalue weighted by Gasteiger charge is 2.27. The van der Waals surface area contributed by atoms with Crippen LogP contribution in [0.5, 0.6) is 5.88 Å². The van der Waals surface area contributed by atoms with Crippen LogP contribution in [0.25, 0.3) is 28.1 Å². The summed E-state index contributed by atoms with van der Waals surface area (Å²) in [5, 5.41) is -0.309. The third-order valence-electron chi connectivity index (χ3n) is 6.49. The second kappa shape index (κ2) is 8.91. The van der Waals surface area contributed by atoms with Gasteiger partial charge in [-0.25, -0.2) is 27.5 Å². The molecule has 0 bridgehead atoms. The molecule has 1 fully saturated rings. The highest BCUT2D eigenvalue weighted by molar-refractivity contribution is 6.30. The number of pyridine rings is 2. The molecule has 0 radical (unpaired) electrons. The Morgan fingerprint density at radius 1 is 1.11 bits per heavy atom. The lowest BCUT2D eigenvalue weighted by Gasteiger charge is -2.20. The molecule has 4 aromatic heterocycles. The Bertz CT molecular complexity index is 1870. The molecule has 1 aliphatic rings. The van der Waals surface area contributed by atoms with Crippen LogP contribution >= 0.6 is 11.6 Å². The summed E-state index contributed by atoms with van der Waals surface area (Å²) < 4.78 is 50.6. The normalized spacial score (nSPS) is 15.6. The topological polar surface area (TPSA) is 86.7 Å². The molecule has 194 valence electrons. The van der Waals surface area contributed by atoms with E-state index in [4.69, 9.17) is 16.3 Å². The highest BCUT2D eigenvalue weighted by atomic mass is 35.5. The molecule has 1 atom stereocenters. The molecule has 5 aromatic rings. The largest absolute Gasteiger partial charge is 0.480 e. The van der Waals surface area contributed by atoms with Gasteiger partial charge >= 0.3 is 5.69 Å². The van der Waals surface area contributed by atoms with E-state index >= 15 is 0 Å². The van der Waals surface area contributed by atoms with Crippen LogP contribution in [0.1, 0.15) is 6.42 Å². The fourth-order valence-electron chi connectivity index (χ4n) is 4.69. The van der Waals surface area contributed by atoms with Crippen LogP contribution in [0.2, 0.25) is 5.02 Å². The molecule has 38 heavy (non-hydrogen) atoms. The van der Waals surface area contributed by atoms with Gasteiger partial charge in [-0.3, -0.25) is 13.8 Å². The van der Waals surface area contributed by atoms with E-state index in [1.165, 1.54) is 46.7 Å². The Kier molecular flexibility index (Phi) is 5.64. The van der Waals surface area contributed by atoms with Crippen molar-refractivity contribution < 1.29 is 17.9 Å². The van der Waals surface area contributed by atoms with Crippen molar-refractivity contribution in [3.05, 3.63) is 86.3 Å². The molecular weight excluding hydrogens is 525 g/mol. The summed E-state index contributed by atoms with van der Waals surface area (Å²) in [5.74, 6) is -1.01. The predicted molar refractivity (Wildman–Crippen MR) is 135 cm³/mol. The highest BCUT2D eigenvalue weighted by Crippen LogP contribution is 2.30. The number of benzene rings is 1. The van der Waals surface area contributed by atoms with E-state index in [1.807, 2.05) is 0 Å². The van der Waals surface area contributed by atoms with Gasteiger partial charge in [-0.15, -0.1) is 0 Å². The number of alkyl halides is 1. The van der Waals surface area contributed by atoms with Crippen LogP contribution in [-0.2, 0) is 0 Å². The second-order valence-electron chi connectivity index (χ2n) is 8.76. The number of ether oxygens (including phenoxy) is 1. The van der Waals surface area contributed by atoms with Crippen molar-refractivity contribution in [1.82, 2.24) is 23.5 Å². The average molecular weight is 543 g/mol. The number of halogens is 4. The van der Waals surface area contributed by atoms with Crippen LogP contribution in [0.3, 0.4) is 0 Å². The van der Waals surface area contributed by atoms with E-state index in [0.29, 0.717) is 18.8 Å². The number of aromatic nitrogens is 5. The van der Waals surface area contributed by atoms with Crippen LogP contribution in [0.15, 0.2) is 58.4 Å². The Labute approximate surface area is 216 Å². The van der Waals surface area contributed by atoms with Gasteiger partial charge in [0.05, 0.1) is 36.1 Å². The number of hydrogen-bond acceptors (Lipinski definition) is 6. The minimum absolute atomic E-state index is 0.0322. The first-order valence-corrected chi connectivity index (χ1v) is 11.9. The molecule has 0 N–H and O–H groups in total. The van der Waals surface area contributed by atoms with Gasteiger partial charge in [-0.2, -0.15) is 4.98 Å². The molecule has 9 nitrogen and oxygen atoms in total. The zero-order valence-electron chi connectivity index (χ0n) is 19.7. The molecule has 0 aliphatic carbocycles. The van der Waals surface area contributed by atoms with Crippen molar-refractivity contribution in [2.45, 2.75) is 12.6 Å². The summed E-state index contributed by atoms with van der Waals surface area (Å²) in [4.78, 5) is 38.2. The summed E-state index contributed by atoms with van der Waals surface area (Å²) >= 11 is 6.04. The quantitative estimate of drug-likeness (QED) is 0.344. The SMILES string of the molecule is COc1nc(N2CC[C@@H](F)C2)cc2c1c(=O)n(-c1cnc3cc(F)ccn13)c(=O)n2-c1ccc(F)c(Cl)c1. The summed E-state index contributed by atoms with van der Waals surface area (Å²) in [7, 11) is 1.32. The number of imidazole rings is 1. The number of anilines is 1. The molecule has 1 aliphatic heterocycles. The molecular formula is C25H18ClF3N6O3. The Morgan fingerprint density at radius 3 is 2.63 bits per heavy atom. The standard InChI is InChI=1S/C25H18ClF3N6O3/c1-38-23-22-18(10-20(31-23)32-6-4-14(28)12-32)34(15-2-3-17(29)16(26)9-15)25(37)35(24(22)36)21-11-30-19-8-13(27)5-7-33(19)21/h2-3,5,7-11,14H,4,6,12H2,1H3/t14-/m1/s1. The zero-order chi connectivity index (χ0) is 26.7. The van der Waals surface area contributed by atoms with Gasteiger partial charge in [0.15, 0.2) is 0 Å². The van der Waals surface area contributed by atoms with Crippen molar-refractivity contribution >= 4 is 34.0 Å². The van der Waals surface area contributed by atoms with Gasteiger partial charge in [0, 0.05) is 24.9 Å². The van der Waals surface area contributed by atoms with Gasteiger partial charge in [0.2, 0.25) is 5.88 Å². The van der Waals surface area contributed by atoms with E-state index in [9.17, 15) is 22.8 Å². The molecule has 1 saturated heterocycles. The maximum Gasteiger partial charge on any atom is 0.342 e. The number of fused-ring (bicyclic) bond motifs is 2. The Hall–Kier alpha value is -4.32. The average Bonchev–Trinajstić information content (AvgIpc) is 3.51. The van der Waals surface area contributed by atoms with Crippen molar-refractivity contribution in [3.8, 4) is 17.4 Å². The minimum atomic E-state index is -1.05. The summed E-state index contributed by atoms with van der Waals surface area (Å²) in [5.41, 5.74) is -1.19. The van der Waals surface area contributed by atoms with Crippen LogP contribution in [0.4, 0.5) is 19.0 Å².